The van der Waals surface area contributed by atoms with E-state index < -0.39 is 25.0 Å². The lowest BCUT2D eigenvalue weighted by atomic mass is 10.1. The van der Waals surface area contributed by atoms with Crippen molar-refractivity contribution in [1.82, 2.24) is 19.9 Å². The molecule has 0 radical (unpaired) electrons. The summed E-state index contributed by atoms with van der Waals surface area (Å²) in [5.41, 5.74) is 3.63. The van der Waals surface area contributed by atoms with E-state index in [4.69, 9.17) is 0 Å². The number of benzene rings is 1. The number of nitrogens with zero attached hydrogens (tertiary/aromatic N) is 4. The summed E-state index contributed by atoms with van der Waals surface area (Å²) in [6.07, 6.45) is 3.75. The molecule has 1 aromatic carbocycles. The summed E-state index contributed by atoms with van der Waals surface area (Å²) in [5.74, 6) is 0.193. The van der Waals surface area contributed by atoms with E-state index in [1.54, 1.807) is 11.1 Å². The smallest absolute Gasteiger partial charge is 0.326 e. The first-order valence-corrected chi connectivity index (χ1v) is 12.9. The minimum atomic E-state index is -2.50. The van der Waals surface area contributed by atoms with Crippen LogP contribution in [0.3, 0.4) is 0 Å². The van der Waals surface area contributed by atoms with Crippen molar-refractivity contribution in [3.8, 4) is 11.1 Å². The number of pyridine rings is 1. The van der Waals surface area contributed by atoms with Gasteiger partial charge in [0.2, 0.25) is 0 Å². The summed E-state index contributed by atoms with van der Waals surface area (Å²) in [4.78, 5) is 26.6. The molecule has 0 amide bonds. The van der Waals surface area contributed by atoms with Gasteiger partial charge in [-0.15, -0.1) is 0 Å². The van der Waals surface area contributed by atoms with Gasteiger partial charge in [0.25, 0.3) is 6.43 Å². The summed E-state index contributed by atoms with van der Waals surface area (Å²) >= 11 is 0. The Morgan fingerprint density at radius 3 is 2.55 bits per heavy atom. The number of rotatable bonds is 16. The quantitative estimate of drug-likeness (QED) is 0.224. The monoisotopic (exact) mass is 526 g/mol. The minimum absolute atomic E-state index is 0.145. The minimum Gasteiger partial charge on any atom is -0.480 e. The Hall–Kier alpha value is -3.66. The van der Waals surface area contributed by atoms with Gasteiger partial charge in [-0.2, -0.15) is 0 Å². The van der Waals surface area contributed by atoms with Crippen LogP contribution in [0.2, 0.25) is 0 Å². The number of unbranched alkanes of at least 4 members (excludes halogenated alkanes) is 1. The number of carbonyl (C=O) groups is 1. The Morgan fingerprint density at radius 2 is 1.87 bits per heavy atom. The second kappa shape index (κ2) is 14.9. The SMILES string of the molecule is CCc1ccc(CCCCN(CCC(Nc2ncncc2-c2ccccc2)C(=O)O)CC(F)F)nc1NC. The van der Waals surface area contributed by atoms with Gasteiger partial charge in [0.1, 0.15) is 24.0 Å². The van der Waals surface area contributed by atoms with E-state index in [-0.39, 0.29) is 13.0 Å². The van der Waals surface area contributed by atoms with Gasteiger partial charge in [-0.25, -0.2) is 28.5 Å². The van der Waals surface area contributed by atoms with Gasteiger partial charge < -0.3 is 15.7 Å². The molecule has 0 aliphatic carbocycles. The molecular formula is C28H36F2N6O2. The van der Waals surface area contributed by atoms with Crippen molar-refractivity contribution < 1.29 is 18.7 Å². The van der Waals surface area contributed by atoms with Crippen molar-refractivity contribution in [2.45, 2.75) is 51.5 Å². The molecule has 0 aliphatic heterocycles. The third-order valence-electron chi connectivity index (χ3n) is 6.35. The van der Waals surface area contributed by atoms with Crippen LogP contribution < -0.4 is 10.6 Å². The fourth-order valence-electron chi connectivity index (χ4n) is 4.31. The topological polar surface area (TPSA) is 103 Å². The van der Waals surface area contributed by atoms with Crippen LogP contribution in [0, 0.1) is 0 Å². The molecule has 3 rings (SSSR count). The van der Waals surface area contributed by atoms with Crippen LogP contribution in [-0.2, 0) is 17.6 Å². The van der Waals surface area contributed by atoms with Crippen LogP contribution in [0.1, 0.15) is 37.4 Å². The molecule has 3 N–H and O–H groups in total. The number of nitrogens with one attached hydrogen (secondary N) is 2. The number of carboxylic acids is 1. The van der Waals surface area contributed by atoms with Crippen LogP contribution in [0.5, 0.6) is 0 Å². The number of aliphatic carboxylic acids is 1. The number of aryl methyl sites for hydroxylation is 2. The largest absolute Gasteiger partial charge is 0.480 e. The summed E-state index contributed by atoms with van der Waals surface area (Å²) in [6.45, 7) is 2.34. The lowest BCUT2D eigenvalue weighted by Crippen LogP contribution is -2.37. The maximum Gasteiger partial charge on any atom is 0.326 e. The van der Waals surface area contributed by atoms with Crippen molar-refractivity contribution >= 4 is 17.6 Å². The van der Waals surface area contributed by atoms with Crippen LogP contribution >= 0.6 is 0 Å². The zero-order chi connectivity index (χ0) is 27.3. The van der Waals surface area contributed by atoms with E-state index in [1.807, 2.05) is 43.4 Å². The first-order chi connectivity index (χ1) is 18.4. The number of anilines is 2. The molecule has 0 bridgehead atoms. The van der Waals surface area contributed by atoms with E-state index in [2.05, 4.69) is 38.6 Å². The highest BCUT2D eigenvalue weighted by molar-refractivity contribution is 5.81. The number of aromatic nitrogens is 3. The van der Waals surface area contributed by atoms with Crippen molar-refractivity contribution in [3.63, 3.8) is 0 Å². The highest BCUT2D eigenvalue weighted by Gasteiger charge is 2.22. The van der Waals surface area contributed by atoms with E-state index in [0.717, 1.165) is 41.9 Å². The lowest BCUT2D eigenvalue weighted by Gasteiger charge is -2.24. The number of hydrogen-bond acceptors (Lipinski definition) is 7. The van der Waals surface area contributed by atoms with Gasteiger partial charge in [0, 0.05) is 31.0 Å². The summed E-state index contributed by atoms with van der Waals surface area (Å²) in [5, 5.41) is 15.9. The Morgan fingerprint density at radius 1 is 1.08 bits per heavy atom. The molecule has 204 valence electrons. The number of alkyl halides is 2. The molecule has 1 unspecified atom stereocenters. The van der Waals surface area contributed by atoms with Gasteiger partial charge in [-0.3, -0.25) is 4.90 Å². The molecule has 1 atom stereocenters. The summed E-state index contributed by atoms with van der Waals surface area (Å²) in [6, 6.07) is 12.5. The number of carboxylic acid groups (broad SMARTS) is 1. The Balaban J connectivity index is 1.57. The maximum absolute atomic E-state index is 13.3. The van der Waals surface area contributed by atoms with E-state index in [1.165, 1.54) is 6.33 Å². The van der Waals surface area contributed by atoms with Crippen LogP contribution in [0.25, 0.3) is 11.1 Å². The van der Waals surface area contributed by atoms with Crippen LogP contribution in [0.4, 0.5) is 20.4 Å². The normalized spacial score (nSPS) is 12.1. The van der Waals surface area contributed by atoms with E-state index in [9.17, 15) is 18.7 Å². The Labute approximate surface area is 222 Å². The van der Waals surface area contributed by atoms with E-state index in [0.29, 0.717) is 24.3 Å². The molecule has 0 fully saturated rings. The summed E-state index contributed by atoms with van der Waals surface area (Å²) in [7, 11) is 1.85. The predicted molar refractivity (Wildman–Crippen MR) is 146 cm³/mol. The molecule has 3 aromatic rings. The van der Waals surface area contributed by atoms with Gasteiger partial charge in [-0.1, -0.05) is 43.3 Å². The molecule has 2 heterocycles. The van der Waals surface area contributed by atoms with Gasteiger partial charge in [-0.05, 0) is 55.8 Å². The standard InChI is InChI=1S/C28H36F2N6O2/c1-3-20-12-13-22(34-26(20)31-2)11-7-8-15-36(18-25(29)30)16-14-24(28(37)38)35-27-23(17-32-19-33-27)21-9-5-4-6-10-21/h4-6,9-10,12-13,17,19,24-25H,3,7-8,11,14-16,18H2,1-2H3,(H,31,34)(H,37,38)(H,32,33,35). The summed E-state index contributed by atoms with van der Waals surface area (Å²) < 4.78 is 26.6. The van der Waals surface area contributed by atoms with Gasteiger partial charge >= 0.3 is 5.97 Å². The zero-order valence-corrected chi connectivity index (χ0v) is 21.9. The van der Waals surface area contributed by atoms with Crippen LogP contribution in [-0.4, -0.2) is 70.1 Å². The molecule has 0 saturated carbocycles. The first-order valence-electron chi connectivity index (χ1n) is 12.9. The average molecular weight is 527 g/mol. The molecule has 0 spiro atoms. The second-order valence-electron chi connectivity index (χ2n) is 9.04. The Bertz CT molecular complexity index is 1150. The van der Waals surface area contributed by atoms with E-state index >= 15 is 0 Å². The predicted octanol–water partition coefficient (Wildman–Crippen LogP) is 4.99. The highest BCUT2D eigenvalue weighted by Crippen LogP contribution is 2.25. The molecule has 8 nitrogen and oxygen atoms in total. The van der Waals surface area contributed by atoms with Gasteiger partial charge in [0.05, 0.1) is 6.54 Å². The first kappa shape index (κ1) is 28.9. The third-order valence-corrected chi connectivity index (χ3v) is 6.35. The van der Waals surface area contributed by atoms with Crippen LogP contribution in [0.15, 0.2) is 55.0 Å². The fraction of sp³-hybridized carbons (Fsp3) is 0.429. The fourth-order valence-corrected chi connectivity index (χ4v) is 4.31. The maximum atomic E-state index is 13.3. The molecule has 0 saturated heterocycles. The number of halogens is 2. The second-order valence-corrected chi connectivity index (χ2v) is 9.04. The van der Waals surface area contributed by atoms with Crippen molar-refractivity contribution in [3.05, 3.63) is 66.2 Å². The Kier molecular flexibility index (Phi) is 11.4. The zero-order valence-electron chi connectivity index (χ0n) is 21.9. The molecule has 2 aromatic heterocycles. The molecular weight excluding hydrogens is 490 g/mol. The van der Waals surface area contributed by atoms with Crippen molar-refractivity contribution in [1.29, 1.82) is 0 Å². The highest BCUT2D eigenvalue weighted by atomic mass is 19.3. The molecule has 0 aliphatic rings. The molecule has 38 heavy (non-hydrogen) atoms. The van der Waals surface area contributed by atoms with Crippen molar-refractivity contribution in [2.75, 3.05) is 37.3 Å². The third kappa shape index (κ3) is 8.72. The molecule has 10 heteroatoms. The van der Waals surface area contributed by atoms with Crippen molar-refractivity contribution in [2.24, 2.45) is 0 Å². The van der Waals surface area contributed by atoms with Gasteiger partial charge in [0.15, 0.2) is 0 Å². The number of hydrogen-bond donors (Lipinski definition) is 3. The average Bonchev–Trinajstić information content (AvgIpc) is 2.93. The lowest BCUT2D eigenvalue weighted by molar-refractivity contribution is -0.138.